The molecule has 0 aliphatic heterocycles. The zero-order valence-corrected chi connectivity index (χ0v) is 12.2. The van der Waals surface area contributed by atoms with Gasteiger partial charge in [0.25, 0.3) is 0 Å². The van der Waals surface area contributed by atoms with E-state index in [4.69, 9.17) is 5.11 Å². The van der Waals surface area contributed by atoms with E-state index >= 15 is 0 Å². The second kappa shape index (κ2) is 5.12. The summed E-state index contributed by atoms with van der Waals surface area (Å²) in [7, 11) is 0. The van der Waals surface area contributed by atoms with E-state index in [1.54, 1.807) is 0 Å². The van der Waals surface area contributed by atoms with E-state index in [-0.39, 0.29) is 6.42 Å². The van der Waals surface area contributed by atoms with Gasteiger partial charge in [0.2, 0.25) is 0 Å². The van der Waals surface area contributed by atoms with E-state index in [0.717, 1.165) is 10.9 Å². The van der Waals surface area contributed by atoms with Crippen LogP contribution in [0, 0.1) is 17.8 Å². The van der Waals surface area contributed by atoms with Gasteiger partial charge in [0.05, 0.1) is 0 Å². The van der Waals surface area contributed by atoms with E-state index in [9.17, 15) is 4.79 Å². The second-order valence-electron chi connectivity index (χ2n) is 5.59. The molecular formula is C16H17BrO2. The molecule has 1 aromatic rings. The summed E-state index contributed by atoms with van der Waals surface area (Å²) < 4.78 is 1.15. The topological polar surface area (TPSA) is 37.3 Å². The number of benzene rings is 1. The monoisotopic (exact) mass is 320 g/mol. The summed E-state index contributed by atoms with van der Waals surface area (Å²) in [5.41, 5.74) is 1.34. The Morgan fingerprint density at radius 3 is 2.74 bits per heavy atom. The van der Waals surface area contributed by atoms with Gasteiger partial charge in [-0.1, -0.05) is 46.3 Å². The first-order valence-electron chi connectivity index (χ1n) is 6.81. The Kier molecular flexibility index (Phi) is 3.48. The van der Waals surface area contributed by atoms with Gasteiger partial charge in [0, 0.05) is 10.9 Å². The molecule has 0 amide bonds. The maximum absolute atomic E-state index is 10.8. The predicted molar refractivity (Wildman–Crippen MR) is 78.0 cm³/mol. The van der Waals surface area contributed by atoms with E-state index < -0.39 is 5.97 Å². The minimum Gasteiger partial charge on any atom is -0.481 e. The highest BCUT2D eigenvalue weighted by molar-refractivity contribution is 9.10. The van der Waals surface area contributed by atoms with Crippen LogP contribution in [0.4, 0.5) is 0 Å². The molecule has 0 heterocycles. The van der Waals surface area contributed by atoms with Gasteiger partial charge in [-0.15, -0.1) is 0 Å². The summed E-state index contributed by atoms with van der Waals surface area (Å²) in [6, 6.07) is 8.36. The van der Waals surface area contributed by atoms with E-state index in [1.807, 2.05) is 6.07 Å². The average Bonchev–Trinajstić information content (AvgIpc) is 2.97. The van der Waals surface area contributed by atoms with Crippen LogP contribution in [0.1, 0.15) is 30.7 Å². The Hall–Kier alpha value is -1.09. The molecule has 2 bridgehead atoms. The molecule has 2 aliphatic carbocycles. The van der Waals surface area contributed by atoms with Gasteiger partial charge in [0.1, 0.15) is 0 Å². The Bertz CT molecular complexity index is 523. The summed E-state index contributed by atoms with van der Waals surface area (Å²) in [5.74, 6) is 1.43. The third-order valence-electron chi connectivity index (χ3n) is 4.58. The normalized spacial score (nSPS) is 31.8. The fraction of sp³-hybridized carbons (Fsp3) is 0.438. The molecule has 0 radical (unpaired) electrons. The van der Waals surface area contributed by atoms with Crippen molar-refractivity contribution in [2.45, 2.75) is 25.2 Å². The van der Waals surface area contributed by atoms with Crippen LogP contribution in [0.2, 0.25) is 0 Å². The van der Waals surface area contributed by atoms with Crippen LogP contribution in [0.5, 0.6) is 0 Å². The molecule has 1 saturated carbocycles. The summed E-state index contributed by atoms with van der Waals surface area (Å²) in [4.78, 5) is 10.8. The molecule has 1 N–H and O–H groups in total. The maximum atomic E-state index is 10.8. The maximum Gasteiger partial charge on any atom is 0.303 e. The smallest absolute Gasteiger partial charge is 0.303 e. The van der Waals surface area contributed by atoms with Crippen molar-refractivity contribution in [1.82, 2.24) is 0 Å². The quantitative estimate of drug-likeness (QED) is 0.843. The Morgan fingerprint density at radius 1 is 1.26 bits per heavy atom. The first kappa shape index (κ1) is 12.9. The molecule has 3 rings (SSSR count). The number of carbonyl (C=O) groups is 1. The van der Waals surface area contributed by atoms with Gasteiger partial charge >= 0.3 is 5.97 Å². The molecule has 0 aromatic heterocycles. The highest BCUT2D eigenvalue weighted by atomic mass is 79.9. The highest BCUT2D eigenvalue weighted by Gasteiger charge is 2.45. The van der Waals surface area contributed by atoms with Crippen molar-refractivity contribution in [3.8, 4) is 0 Å². The van der Waals surface area contributed by atoms with Crippen LogP contribution in [0.15, 0.2) is 40.9 Å². The zero-order chi connectivity index (χ0) is 13.4. The van der Waals surface area contributed by atoms with Crippen LogP contribution in [-0.4, -0.2) is 11.1 Å². The molecule has 0 saturated heterocycles. The van der Waals surface area contributed by atoms with Crippen molar-refractivity contribution in [3.05, 3.63) is 46.5 Å². The number of rotatable bonds is 4. The van der Waals surface area contributed by atoms with Gasteiger partial charge in [-0.05, 0) is 48.1 Å². The molecular weight excluding hydrogens is 304 g/mol. The van der Waals surface area contributed by atoms with E-state index in [0.29, 0.717) is 23.7 Å². The molecule has 19 heavy (non-hydrogen) atoms. The molecule has 1 fully saturated rings. The van der Waals surface area contributed by atoms with Gasteiger partial charge in [-0.25, -0.2) is 0 Å². The fourth-order valence-electron chi connectivity index (χ4n) is 3.81. The van der Waals surface area contributed by atoms with Crippen molar-refractivity contribution in [2.24, 2.45) is 17.8 Å². The van der Waals surface area contributed by atoms with Gasteiger partial charge in [0.15, 0.2) is 0 Å². The van der Waals surface area contributed by atoms with Crippen molar-refractivity contribution in [3.63, 3.8) is 0 Å². The molecule has 2 aliphatic rings. The number of hydrogen-bond donors (Lipinski definition) is 1. The van der Waals surface area contributed by atoms with Crippen molar-refractivity contribution >= 4 is 21.9 Å². The summed E-state index contributed by atoms with van der Waals surface area (Å²) in [5, 5.41) is 8.93. The van der Waals surface area contributed by atoms with Gasteiger partial charge in [-0.3, -0.25) is 4.79 Å². The molecule has 2 nitrogen and oxygen atoms in total. The van der Waals surface area contributed by atoms with Crippen LogP contribution >= 0.6 is 15.9 Å². The minimum absolute atomic E-state index is 0.280. The standard InChI is InChI=1S/C16H17BrO2/c17-14-4-2-1-3-13(14)16-11-6-5-10(9-11)12(16)7-8-15(18)19/h1-6,10-12,16H,7-9H2,(H,18,19). The van der Waals surface area contributed by atoms with Gasteiger partial charge < -0.3 is 5.11 Å². The average molecular weight is 321 g/mol. The van der Waals surface area contributed by atoms with Crippen molar-refractivity contribution in [1.29, 1.82) is 0 Å². The lowest BCUT2D eigenvalue weighted by Gasteiger charge is -2.29. The lowest BCUT2D eigenvalue weighted by atomic mass is 9.76. The number of carboxylic acid groups (broad SMARTS) is 1. The first-order chi connectivity index (χ1) is 9.16. The molecule has 1 aromatic carbocycles. The molecule has 0 spiro atoms. The largest absolute Gasteiger partial charge is 0.481 e. The van der Waals surface area contributed by atoms with Crippen molar-refractivity contribution in [2.75, 3.05) is 0 Å². The number of aliphatic carboxylic acids is 1. The van der Waals surface area contributed by atoms with Crippen LogP contribution in [0.25, 0.3) is 0 Å². The predicted octanol–water partition coefficient (Wildman–Crippen LogP) is 4.22. The van der Waals surface area contributed by atoms with E-state index in [2.05, 4.69) is 46.3 Å². The molecule has 3 heteroatoms. The summed E-state index contributed by atoms with van der Waals surface area (Å²) in [6.07, 6.45) is 6.88. The highest BCUT2D eigenvalue weighted by Crippen LogP contribution is 2.55. The number of fused-ring (bicyclic) bond motifs is 2. The lowest BCUT2D eigenvalue weighted by Crippen LogP contribution is -2.19. The van der Waals surface area contributed by atoms with Crippen LogP contribution in [-0.2, 0) is 4.79 Å². The fourth-order valence-corrected chi connectivity index (χ4v) is 4.36. The van der Waals surface area contributed by atoms with Gasteiger partial charge in [-0.2, -0.15) is 0 Å². The lowest BCUT2D eigenvalue weighted by molar-refractivity contribution is -0.137. The number of allylic oxidation sites excluding steroid dienone is 2. The molecule has 100 valence electrons. The Balaban J connectivity index is 1.88. The molecule has 4 atom stereocenters. The summed E-state index contributed by atoms with van der Waals surface area (Å²) >= 11 is 3.64. The zero-order valence-electron chi connectivity index (χ0n) is 10.6. The van der Waals surface area contributed by atoms with Crippen molar-refractivity contribution < 1.29 is 9.90 Å². The second-order valence-corrected chi connectivity index (χ2v) is 6.45. The Labute approximate surface area is 121 Å². The number of hydrogen-bond acceptors (Lipinski definition) is 1. The Morgan fingerprint density at radius 2 is 2.00 bits per heavy atom. The summed E-state index contributed by atoms with van der Waals surface area (Å²) in [6.45, 7) is 0. The van der Waals surface area contributed by atoms with Crippen LogP contribution < -0.4 is 0 Å². The van der Waals surface area contributed by atoms with E-state index in [1.165, 1.54) is 12.0 Å². The molecule has 4 unspecified atom stereocenters. The minimum atomic E-state index is -0.683. The van der Waals surface area contributed by atoms with Crippen LogP contribution in [0.3, 0.4) is 0 Å². The number of halogens is 1. The SMILES string of the molecule is O=C(O)CCC1C2C=CC(C2)C1c1ccccc1Br. The first-order valence-corrected chi connectivity index (χ1v) is 7.60. The third-order valence-corrected chi connectivity index (χ3v) is 5.30. The third kappa shape index (κ3) is 2.36. The number of carboxylic acids is 1.